The summed E-state index contributed by atoms with van der Waals surface area (Å²) in [5, 5.41) is 2.89. The Bertz CT molecular complexity index is 1190. The van der Waals surface area contributed by atoms with Crippen LogP contribution in [-0.2, 0) is 0 Å². The summed E-state index contributed by atoms with van der Waals surface area (Å²) in [6.45, 7) is 5.02. The van der Waals surface area contributed by atoms with Gasteiger partial charge in [0.05, 0.1) is 30.2 Å². The summed E-state index contributed by atoms with van der Waals surface area (Å²) in [6, 6.07) is 8.26. The number of rotatable bonds is 8. The maximum absolute atomic E-state index is 13.7. The predicted octanol–water partition coefficient (Wildman–Crippen LogP) is 4.73. The lowest BCUT2D eigenvalue weighted by molar-refractivity contribution is 0.0938. The van der Waals surface area contributed by atoms with Crippen molar-refractivity contribution in [2.45, 2.75) is 39.2 Å². The molecule has 0 fully saturated rings. The van der Waals surface area contributed by atoms with E-state index >= 15 is 0 Å². The van der Waals surface area contributed by atoms with E-state index in [0.29, 0.717) is 30.3 Å². The molecule has 2 aromatic carbocycles. The predicted molar refractivity (Wildman–Crippen MR) is 114 cm³/mol. The molecule has 1 unspecified atom stereocenters. The van der Waals surface area contributed by atoms with Gasteiger partial charge in [-0.15, -0.1) is 0 Å². The SMILES string of the molecule is CCCCCOc1ccc(C2NC(=O)c3oc4ccc(F)cc4c(=O)c32)cc1OCC. The topological polar surface area (TPSA) is 77.8 Å². The second-order valence-electron chi connectivity index (χ2n) is 7.42. The van der Waals surface area contributed by atoms with Gasteiger partial charge in [-0.25, -0.2) is 4.39 Å². The molecule has 1 amide bonds. The normalized spacial score (nSPS) is 15.1. The summed E-state index contributed by atoms with van der Waals surface area (Å²) in [5.41, 5.74) is 0.561. The van der Waals surface area contributed by atoms with Crippen LogP contribution in [0.1, 0.15) is 60.8 Å². The molecule has 0 bridgehead atoms. The summed E-state index contributed by atoms with van der Waals surface area (Å²) in [7, 11) is 0. The van der Waals surface area contributed by atoms with Crippen LogP contribution in [0.2, 0.25) is 0 Å². The van der Waals surface area contributed by atoms with Crippen LogP contribution in [0.5, 0.6) is 11.5 Å². The van der Waals surface area contributed by atoms with Crippen molar-refractivity contribution in [3.05, 3.63) is 69.3 Å². The Morgan fingerprint density at radius 1 is 1.03 bits per heavy atom. The molecule has 0 saturated heterocycles. The lowest BCUT2D eigenvalue weighted by atomic mass is 9.99. The number of hydrogen-bond donors (Lipinski definition) is 1. The van der Waals surface area contributed by atoms with Crippen LogP contribution >= 0.6 is 0 Å². The molecule has 1 aromatic heterocycles. The van der Waals surface area contributed by atoms with E-state index in [0.717, 1.165) is 25.3 Å². The quantitative estimate of drug-likeness (QED) is 0.528. The standard InChI is InChI=1S/C24H24FNO5/c1-3-5-6-11-30-18-9-7-14(12-19(18)29-4-2)21-20-22(27)16-13-15(25)8-10-17(16)31-23(20)24(28)26-21/h7-10,12-13,21H,3-6,11H2,1-2H3,(H,26,28). The molecule has 4 rings (SSSR count). The minimum absolute atomic E-state index is 0.0491. The zero-order valence-electron chi connectivity index (χ0n) is 17.5. The number of carbonyl (C=O) groups is 1. The molecule has 1 aliphatic rings. The van der Waals surface area contributed by atoms with Gasteiger partial charge in [0.25, 0.3) is 5.91 Å². The largest absolute Gasteiger partial charge is 0.490 e. The van der Waals surface area contributed by atoms with E-state index in [2.05, 4.69) is 12.2 Å². The van der Waals surface area contributed by atoms with Crippen molar-refractivity contribution in [1.29, 1.82) is 0 Å². The zero-order chi connectivity index (χ0) is 22.0. The number of nitrogens with one attached hydrogen (secondary N) is 1. The molecule has 162 valence electrons. The van der Waals surface area contributed by atoms with Crippen molar-refractivity contribution < 1.29 is 23.1 Å². The first-order valence-corrected chi connectivity index (χ1v) is 10.5. The Morgan fingerprint density at radius 3 is 2.65 bits per heavy atom. The van der Waals surface area contributed by atoms with E-state index in [1.165, 1.54) is 12.1 Å². The fraction of sp³-hybridized carbons (Fsp3) is 0.333. The van der Waals surface area contributed by atoms with Gasteiger partial charge >= 0.3 is 0 Å². The van der Waals surface area contributed by atoms with E-state index in [1.54, 1.807) is 18.2 Å². The molecular weight excluding hydrogens is 401 g/mol. The van der Waals surface area contributed by atoms with Crippen molar-refractivity contribution in [3.63, 3.8) is 0 Å². The fourth-order valence-corrected chi connectivity index (χ4v) is 3.76. The first kappa shape index (κ1) is 20.9. The Hall–Kier alpha value is -3.35. The third kappa shape index (κ3) is 4.00. The molecule has 1 aliphatic heterocycles. The van der Waals surface area contributed by atoms with Crippen molar-refractivity contribution in [2.24, 2.45) is 0 Å². The molecule has 6 nitrogen and oxygen atoms in total. The summed E-state index contributed by atoms with van der Waals surface area (Å²) < 4.78 is 30.9. The Balaban J connectivity index is 1.73. The van der Waals surface area contributed by atoms with Crippen LogP contribution in [0.25, 0.3) is 11.0 Å². The molecule has 3 aromatic rings. The number of fused-ring (bicyclic) bond motifs is 2. The Labute approximate surface area is 179 Å². The lowest BCUT2D eigenvalue weighted by Crippen LogP contribution is -2.22. The smallest absolute Gasteiger partial charge is 0.288 e. The molecular formula is C24H24FNO5. The monoisotopic (exact) mass is 425 g/mol. The van der Waals surface area contributed by atoms with E-state index in [4.69, 9.17) is 13.9 Å². The average molecular weight is 425 g/mol. The number of unbranched alkanes of at least 4 members (excludes halogenated alkanes) is 2. The van der Waals surface area contributed by atoms with Crippen LogP contribution in [0.15, 0.2) is 45.6 Å². The number of ether oxygens (including phenoxy) is 2. The number of halogens is 1. The molecule has 7 heteroatoms. The Kier molecular flexibility index (Phi) is 5.93. The van der Waals surface area contributed by atoms with E-state index < -0.39 is 23.2 Å². The second-order valence-corrected chi connectivity index (χ2v) is 7.42. The summed E-state index contributed by atoms with van der Waals surface area (Å²) in [6.07, 6.45) is 3.13. The average Bonchev–Trinajstić information content (AvgIpc) is 3.09. The second kappa shape index (κ2) is 8.79. The first-order valence-electron chi connectivity index (χ1n) is 10.5. The highest BCUT2D eigenvalue weighted by atomic mass is 19.1. The molecule has 2 heterocycles. The molecule has 1 atom stereocenters. The first-order chi connectivity index (χ1) is 15.0. The van der Waals surface area contributed by atoms with Gasteiger partial charge < -0.3 is 19.2 Å². The zero-order valence-corrected chi connectivity index (χ0v) is 17.5. The van der Waals surface area contributed by atoms with Crippen LogP contribution in [-0.4, -0.2) is 19.1 Å². The van der Waals surface area contributed by atoms with Gasteiger partial charge in [0.1, 0.15) is 11.4 Å². The van der Waals surface area contributed by atoms with Crippen LogP contribution < -0.4 is 20.2 Å². The third-order valence-corrected chi connectivity index (χ3v) is 5.26. The van der Waals surface area contributed by atoms with Gasteiger partial charge in [-0.3, -0.25) is 9.59 Å². The van der Waals surface area contributed by atoms with Crippen molar-refractivity contribution in [3.8, 4) is 11.5 Å². The number of hydrogen-bond acceptors (Lipinski definition) is 5. The fourth-order valence-electron chi connectivity index (χ4n) is 3.76. The van der Waals surface area contributed by atoms with Gasteiger partial charge in [0, 0.05) is 0 Å². The van der Waals surface area contributed by atoms with Crippen LogP contribution in [0.3, 0.4) is 0 Å². The summed E-state index contributed by atoms with van der Waals surface area (Å²) in [4.78, 5) is 25.6. The molecule has 0 spiro atoms. The minimum atomic E-state index is -0.722. The summed E-state index contributed by atoms with van der Waals surface area (Å²) >= 11 is 0. The molecule has 1 N–H and O–H groups in total. The van der Waals surface area contributed by atoms with Gasteiger partial charge in [-0.05, 0) is 49.2 Å². The van der Waals surface area contributed by atoms with Gasteiger partial charge in [0.2, 0.25) is 5.76 Å². The van der Waals surface area contributed by atoms with Crippen molar-refractivity contribution in [2.75, 3.05) is 13.2 Å². The van der Waals surface area contributed by atoms with Crippen LogP contribution in [0.4, 0.5) is 4.39 Å². The number of benzene rings is 2. The molecule has 31 heavy (non-hydrogen) atoms. The maximum Gasteiger partial charge on any atom is 0.288 e. The minimum Gasteiger partial charge on any atom is -0.490 e. The van der Waals surface area contributed by atoms with Crippen LogP contribution in [0, 0.1) is 5.82 Å². The highest BCUT2D eigenvalue weighted by Crippen LogP contribution is 2.36. The number of carbonyl (C=O) groups excluding carboxylic acids is 1. The number of amides is 1. The van der Waals surface area contributed by atoms with Crippen molar-refractivity contribution >= 4 is 16.9 Å². The highest BCUT2D eigenvalue weighted by Gasteiger charge is 2.36. The van der Waals surface area contributed by atoms with E-state index in [-0.39, 0.29) is 22.3 Å². The summed E-state index contributed by atoms with van der Waals surface area (Å²) in [5.74, 6) is 0.0687. The van der Waals surface area contributed by atoms with Gasteiger partial charge in [-0.1, -0.05) is 25.8 Å². The lowest BCUT2D eigenvalue weighted by Gasteiger charge is -2.16. The Morgan fingerprint density at radius 2 is 1.87 bits per heavy atom. The van der Waals surface area contributed by atoms with E-state index in [9.17, 15) is 14.0 Å². The van der Waals surface area contributed by atoms with E-state index in [1.807, 2.05) is 6.92 Å². The molecule has 0 aliphatic carbocycles. The highest BCUT2D eigenvalue weighted by molar-refractivity contribution is 5.99. The third-order valence-electron chi connectivity index (χ3n) is 5.26. The van der Waals surface area contributed by atoms with Gasteiger partial charge in [0.15, 0.2) is 16.9 Å². The van der Waals surface area contributed by atoms with Gasteiger partial charge in [-0.2, -0.15) is 0 Å². The molecule has 0 radical (unpaired) electrons. The molecule has 0 saturated carbocycles. The maximum atomic E-state index is 13.7. The van der Waals surface area contributed by atoms with Crippen molar-refractivity contribution in [1.82, 2.24) is 5.32 Å².